The van der Waals surface area contributed by atoms with Gasteiger partial charge in [0.1, 0.15) is 0 Å². The van der Waals surface area contributed by atoms with Crippen molar-refractivity contribution in [3.8, 4) is 0 Å². The SMILES string of the molecule is CC(=O)[O][Pb]([c]1ccccc1)([c]1ccccc1)[c]1ccccc1. The third-order valence-corrected chi connectivity index (χ3v) is 19.5. The zero-order valence-electron chi connectivity index (χ0n) is 13.0. The second kappa shape index (κ2) is 7.08. The molecule has 0 aliphatic heterocycles. The molecule has 0 aromatic heterocycles. The Morgan fingerprint density at radius 3 is 1.22 bits per heavy atom. The van der Waals surface area contributed by atoms with Crippen LogP contribution in [0.15, 0.2) is 91.0 Å². The van der Waals surface area contributed by atoms with E-state index in [0.29, 0.717) is 0 Å². The van der Waals surface area contributed by atoms with E-state index in [2.05, 4.69) is 36.4 Å². The van der Waals surface area contributed by atoms with Crippen LogP contribution in [0.5, 0.6) is 0 Å². The Balaban J connectivity index is 2.32. The van der Waals surface area contributed by atoms with E-state index >= 15 is 0 Å². The van der Waals surface area contributed by atoms with Gasteiger partial charge in [0.2, 0.25) is 0 Å². The molecule has 0 N–H and O–H groups in total. The van der Waals surface area contributed by atoms with Gasteiger partial charge >= 0.3 is 142 Å². The zero-order valence-corrected chi connectivity index (χ0v) is 16.9. The normalized spacial score (nSPS) is 11.0. The summed E-state index contributed by atoms with van der Waals surface area (Å²) in [6.07, 6.45) is 0. The van der Waals surface area contributed by atoms with Gasteiger partial charge in [0, 0.05) is 0 Å². The number of rotatable bonds is 4. The fraction of sp³-hybridized carbons (Fsp3) is 0.0500. The molecule has 2 nitrogen and oxygen atoms in total. The van der Waals surface area contributed by atoms with Gasteiger partial charge in [-0.1, -0.05) is 0 Å². The summed E-state index contributed by atoms with van der Waals surface area (Å²) < 4.78 is 9.62. The van der Waals surface area contributed by atoms with E-state index in [1.807, 2.05) is 54.6 Å². The molecule has 0 fully saturated rings. The minimum atomic E-state index is -3.97. The molecule has 0 saturated heterocycles. The zero-order chi connectivity index (χ0) is 16.1. The predicted octanol–water partition coefficient (Wildman–Crippen LogP) is 2.22. The van der Waals surface area contributed by atoms with E-state index in [0.717, 1.165) is 9.37 Å². The van der Waals surface area contributed by atoms with E-state index in [9.17, 15) is 4.79 Å². The van der Waals surface area contributed by atoms with Gasteiger partial charge in [-0.05, 0) is 0 Å². The summed E-state index contributed by atoms with van der Waals surface area (Å²) in [5.74, 6) is -0.219. The van der Waals surface area contributed by atoms with Gasteiger partial charge in [-0.3, -0.25) is 0 Å². The van der Waals surface area contributed by atoms with Crippen molar-refractivity contribution in [2.45, 2.75) is 6.92 Å². The molecule has 0 heterocycles. The van der Waals surface area contributed by atoms with Crippen LogP contribution in [0, 0.1) is 0 Å². The molecule has 0 unspecified atom stereocenters. The third kappa shape index (κ3) is 3.22. The molecule has 3 rings (SSSR count). The Labute approximate surface area is 142 Å². The van der Waals surface area contributed by atoms with E-state index in [1.54, 1.807) is 0 Å². The van der Waals surface area contributed by atoms with Crippen molar-refractivity contribution < 1.29 is 7.48 Å². The van der Waals surface area contributed by atoms with Crippen LogP contribution in [-0.4, -0.2) is 27.6 Å². The first kappa shape index (κ1) is 15.9. The molecule has 114 valence electrons. The average Bonchev–Trinajstić information content (AvgIpc) is 2.62. The molecule has 0 amide bonds. The molecule has 0 atom stereocenters. The molecule has 0 aliphatic carbocycles. The fourth-order valence-corrected chi connectivity index (χ4v) is 17.6. The first-order valence-electron chi connectivity index (χ1n) is 7.59. The van der Waals surface area contributed by atoms with Crippen molar-refractivity contribution in [1.29, 1.82) is 0 Å². The van der Waals surface area contributed by atoms with Crippen LogP contribution in [0.1, 0.15) is 6.92 Å². The summed E-state index contributed by atoms with van der Waals surface area (Å²) in [6, 6.07) is 30.6. The summed E-state index contributed by atoms with van der Waals surface area (Å²) in [5.41, 5.74) is 0. The third-order valence-electron chi connectivity index (χ3n) is 3.84. The topological polar surface area (TPSA) is 26.3 Å². The fourth-order valence-electron chi connectivity index (χ4n) is 2.91. The quantitative estimate of drug-likeness (QED) is 0.517. The Kier molecular flexibility index (Phi) is 4.91. The average molecular weight is 498 g/mol. The molecule has 23 heavy (non-hydrogen) atoms. The number of benzene rings is 3. The number of hydrogen-bond acceptors (Lipinski definition) is 2. The molecule has 0 spiro atoms. The number of carbonyl (C=O) groups is 1. The molecule has 3 heteroatoms. The molecule has 0 aliphatic rings. The predicted molar refractivity (Wildman–Crippen MR) is 95.7 cm³/mol. The van der Waals surface area contributed by atoms with Crippen molar-refractivity contribution in [3.05, 3.63) is 91.0 Å². The van der Waals surface area contributed by atoms with Gasteiger partial charge in [0.15, 0.2) is 0 Å². The number of carbonyl (C=O) groups excluding carboxylic acids is 1. The van der Waals surface area contributed by atoms with Crippen LogP contribution >= 0.6 is 0 Å². The molecule has 3 aromatic rings. The summed E-state index contributed by atoms with van der Waals surface area (Å²) in [5, 5.41) is 0. The Bertz CT molecular complexity index is 674. The van der Waals surface area contributed by atoms with Gasteiger partial charge < -0.3 is 0 Å². The maximum atomic E-state index is 12.0. The second-order valence-corrected chi connectivity index (χ2v) is 18.2. The monoisotopic (exact) mass is 498 g/mol. The van der Waals surface area contributed by atoms with Gasteiger partial charge in [-0.25, -0.2) is 0 Å². The molecule has 0 radical (unpaired) electrons. The minimum absolute atomic E-state index is 0.219. The van der Waals surface area contributed by atoms with Gasteiger partial charge in [0.25, 0.3) is 0 Å². The van der Waals surface area contributed by atoms with Crippen LogP contribution in [-0.2, 0) is 7.48 Å². The Hall–Kier alpha value is -1.95. The van der Waals surface area contributed by atoms with E-state index < -0.39 is 21.6 Å². The van der Waals surface area contributed by atoms with E-state index in [-0.39, 0.29) is 5.97 Å². The molecule has 0 bridgehead atoms. The van der Waals surface area contributed by atoms with Gasteiger partial charge in [-0.15, -0.1) is 0 Å². The Morgan fingerprint density at radius 1 is 0.652 bits per heavy atom. The second-order valence-electron chi connectivity index (χ2n) is 5.37. The van der Waals surface area contributed by atoms with Crippen molar-refractivity contribution in [2.24, 2.45) is 0 Å². The summed E-state index contributed by atoms with van der Waals surface area (Å²) >= 11 is -3.97. The van der Waals surface area contributed by atoms with E-state index in [4.69, 9.17) is 2.69 Å². The van der Waals surface area contributed by atoms with Crippen molar-refractivity contribution >= 4 is 37.0 Å². The molecule has 0 saturated carbocycles. The molecular formula is C20H18O2Pb. The van der Waals surface area contributed by atoms with Crippen LogP contribution in [0.4, 0.5) is 0 Å². The van der Waals surface area contributed by atoms with E-state index in [1.165, 1.54) is 6.92 Å². The van der Waals surface area contributed by atoms with Gasteiger partial charge in [-0.2, -0.15) is 0 Å². The van der Waals surface area contributed by atoms with Crippen LogP contribution in [0.3, 0.4) is 0 Å². The maximum absolute atomic E-state index is 12.0. The van der Waals surface area contributed by atoms with Crippen molar-refractivity contribution in [3.63, 3.8) is 0 Å². The first-order chi connectivity index (χ1) is 11.2. The van der Waals surface area contributed by atoms with Crippen LogP contribution in [0.25, 0.3) is 0 Å². The first-order valence-corrected chi connectivity index (χ1v) is 15.0. The van der Waals surface area contributed by atoms with Crippen LogP contribution < -0.4 is 9.37 Å². The molecular weight excluding hydrogens is 479 g/mol. The van der Waals surface area contributed by atoms with Gasteiger partial charge in [0.05, 0.1) is 0 Å². The van der Waals surface area contributed by atoms with Crippen molar-refractivity contribution in [1.82, 2.24) is 0 Å². The summed E-state index contributed by atoms with van der Waals surface area (Å²) in [4.78, 5) is 12.0. The summed E-state index contributed by atoms with van der Waals surface area (Å²) in [6.45, 7) is 1.50. The van der Waals surface area contributed by atoms with Crippen LogP contribution in [0.2, 0.25) is 0 Å². The summed E-state index contributed by atoms with van der Waals surface area (Å²) in [7, 11) is 0. The Morgan fingerprint density at radius 2 is 0.957 bits per heavy atom. The number of hydrogen-bond donors (Lipinski definition) is 0. The standard InChI is InChI=1S/3C6H5.C2H4O2.Pb/c3*1-2-4-6-5-3-1;1-2(3)4;/h3*1-5H;1H3,(H,3,4);/q;;;;+1/p-1. The van der Waals surface area contributed by atoms with Crippen molar-refractivity contribution in [2.75, 3.05) is 0 Å². The molecule has 3 aromatic carbocycles.